The van der Waals surface area contributed by atoms with Crippen LogP contribution in [0.25, 0.3) is 0 Å². The van der Waals surface area contributed by atoms with E-state index >= 15 is 0 Å². The summed E-state index contributed by atoms with van der Waals surface area (Å²) in [6.45, 7) is 7.48. The highest BCUT2D eigenvalue weighted by Crippen LogP contribution is 2.44. The van der Waals surface area contributed by atoms with Crippen molar-refractivity contribution in [3.05, 3.63) is 23.3 Å². The Bertz CT molecular complexity index is 434. The molecule has 0 radical (unpaired) electrons. The zero-order valence-electron chi connectivity index (χ0n) is 11.7. The zero-order valence-corrected chi connectivity index (χ0v) is 11.7. The SMILES string of the molecule is COc1ccc(C(C)C)c(C2(C)CCCN2)c1O. The lowest BCUT2D eigenvalue weighted by molar-refractivity contribution is 0.348. The van der Waals surface area contributed by atoms with E-state index in [0.29, 0.717) is 17.4 Å². The van der Waals surface area contributed by atoms with Crippen LogP contribution in [0.5, 0.6) is 11.5 Å². The van der Waals surface area contributed by atoms with E-state index < -0.39 is 0 Å². The number of phenols is 1. The Morgan fingerprint density at radius 3 is 2.61 bits per heavy atom. The minimum absolute atomic E-state index is 0.141. The van der Waals surface area contributed by atoms with Gasteiger partial charge >= 0.3 is 0 Å². The average Bonchev–Trinajstić information content (AvgIpc) is 2.76. The highest BCUT2D eigenvalue weighted by atomic mass is 16.5. The topological polar surface area (TPSA) is 41.5 Å². The van der Waals surface area contributed by atoms with Gasteiger partial charge in [-0.1, -0.05) is 19.9 Å². The molecule has 0 spiro atoms. The molecule has 1 atom stereocenters. The molecule has 1 aliphatic heterocycles. The number of nitrogens with one attached hydrogen (secondary N) is 1. The molecule has 2 N–H and O–H groups in total. The number of aromatic hydroxyl groups is 1. The Balaban J connectivity index is 2.60. The van der Waals surface area contributed by atoms with E-state index in [-0.39, 0.29) is 5.54 Å². The molecule has 0 aromatic heterocycles. The Morgan fingerprint density at radius 2 is 2.11 bits per heavy atom. The summed E-state index contributed by atoms with van der Waals surface area (Å²) in [5, 5.41) is 14.0. The molecule has 0 saturated carbocycles. The van der Waals surface area contributed by atoms with Gasteiger partial charge in [-0.2, -0.15) is 0 Å². The van der Waals surface area contributed by atoms with Gasteiger partial charge in [0.1, 0.15) is 0 Å². The fourth-order valence-electron chi connectivity index (χ4n) is 2.92. The van der Waals surface area contributed by atoms with E-state index in [1.165, 1.54) is 5.56 Å². The second-order valence-electron chi connectivity index (χ2n) is 5.60. The van der Waals surface area contributed by atoms with Crippen LogP contribution in [0.4, 0.5) is 0 Å². The monoisotopic (exact) mass is 249 g/mol. The molecule has 100 valence electrons. The Morgan fingerprint density at radius 1 is 1.39 bits per heavy atom. The summed E-state index contributed by atoms with van der Waals surface area (Å²) in [5.74, 6) is 1.24. The van der Waals surface area contributed by atoms with Crippen LogP contribution in [0.15, 0.2) is 12.1 Å². The van der Waals surface area contributed by atoms with Crippen LogP contribution in [-0.4, -0.2) is 18.8 Å². The van der Waals surface area contributed by atoms with Gasteiger partial charge in [-0.05, 0) is 43.9 Å². The summed E-state index contributed by atoms with van der Waals surface area (Å²) in [6, 6.07) is 3.93. The normalized spacial score (nSPS) is 23.6. The lowest BCUT2D eigenvalue weighted by Crippen LogP contribution is -2.34. The molecule has 1 fully saturated rings. The van der Waals surface area contributed by atoms with Crippen molar-refractivity contribution in [2.24, 2.45) is 0 Å². The highest BCUT2D eigenvalue weighted by Gasteiger charge is 2.36. The Labute approximate surface area is 109 Å². The molecule has 0 bridgehead atoms. The number of hydrogen-bond donors (Lipinski definition) is 2. The molecule has 0 aliphatic carbocycles. The van der Waals surface area contributed by atoms with Gasteiger partial charge in [-0.3, -0.25) is 0 Å². The van der Waals surface area contributed by atoms with Crippen molar-refractivity contribution in [2.75, 3.05) is 13.7 Å². The average molecular weight is 249 g/mol. The van der Waals surface area contributed by atoms with Gasteiger partial charge in [0, 0.05) is 11.1 Å². The van der Waals surface area contributed by atoms with Crippen LogP contribution in [-0.2, 0) is 5.54 Å². The summed E-state index contributed by atoms with van der Waals surface area (Å²) in [6.07, 6.45) is 2.19. The lowest BCUT2D eigenvalue weighted by atomic mass is 9.82. The van der Waals surface area contributed by atoms with Crippen LogP contribution in [0, 0.1) is 0 Å². The summed E-state index contributed by atoms with van der Waals surface area (Å²) >= 11 is 0. The Kier molecular flexibility index (Phi) is 3.53. The van der Waals surface area contributed by atoms with Crippen LogP contribution in [0.2, 0.25) is 0 Å². The molecule has 1 heterocycles. The minimum Gasteiger partial charge on any atom is -0.504 e. The first-order chi connectivity index (χ1) is 8.49. The summed E-state index contributed by atoms with van der Waals surface area (Å²) in [5.41, 5.74) is 2.07. The molecule has 1 aromatic rings. The molecule has 3 nitrogen and oxygen atoms in total. The van der Waals surface area contributed by atoms with Gasteiger partial charge in [0.15, 0.2) is 11.5 Å². The number of ether oxygens (including phenoxy) is 1. The van der Waals surface area contributed by atoms with Gasteiger partial charge in [0.25, 0.3) is 0 Å². The molecule has 1 saturated heterocycles. The zero-order chi connectivity index (χ0) is 13.3. The maximum absolute atomic E-state index is 10.5. The van der Waals surface area contributed by atoms with E-state index in [2.05, 4.69) is 32.2 Å². The van der Waals surface area contributed by atoms with Crippen LogP contribution in [0.1, 0.15) is 50.7 Å². The van der Waals surface area contributed by atoms with Crippen LogP contribution in [0.3, 0.4) is 0 Å². The predicted octanol–water partition coefficient (Wildman–Crippen LogP) is 3.12. The van der Waals surface area contributed by atoms with E-state index in [4.69, 9.17) is 4.74 Å². The van der Waals surface area contributed by atoms with Crippen molar-refractivity contribution in [2.45, 2.75) is 45.1 Å². The van der Waals surface area contributed by atoms with E-state index in [1.54, 1.807) is 7.11 Å². The fraction of sp³-hybridized carbons (Fsp3) is 0.600. The highest BCUT2D eigenvalue weighted by molar-refractivity contribution is 5.54. The van der Waals surface area contributed by atoms with Crippen molar-refractivity contribution in [3.63, 3.8) is 0 Å². The smallest absolute Gasteiger partial charge is 0.163 e. The van der Waals surface area contributed by atoms with Crippen LogP contribution >= 0.6 is 0 Å². The standard InChI is InChI=1S/C15H23NO2/c1-10(2)11-6-7-12(18-4)14(17)13(11)15(3)8-5-9-16-15/h6-7,10,16-17H,5,8-9H2,1-4H3. The third kappa shape index (κ3) is 2.07. The van der Waals surface area contributed by atoms with Gasteiger partial charge in [0.05, 0.1) is 7.11 Å². The van der Waals surface area contributed by atoms with Gasteiger partial charge in [0.2, 0.25) is 0 Å². The van der Waals surface area contributed by atoms with Gasteiger partial charge in [-0.25, -0.2) is 0 Å². The lowest BCUT2D eigenvalue weighted by Gasteiger charge is -2.30. The fourth-order valence-corrected chi connectivity index (χ4v) is 2.92. The molecule has 1 aliphatic rings. The second kappa shape index (κ2) is 4.81. The first-order valence-electron chi connectivity index (χ1n) is 6.65. The van der Waals surface area contributed by atoms with Crippen LogP contribution < -0.4 is 10.1 Å². The maximum Gasteiger partial charge on any atom is 0.163 e. The molecule has 2 rings (SSSR count). The molecule has 1 aromatic carbocycles. The number of benzene rings is 1. The summed E-state index contributed by atoms with van der Waals surface area (Å²) in [7, 11) is 1.60. The van der Waals surface area contributed by atoms with Crippen molar-refractivity contribution >= 4 is 0 Å². The maximum atomic E-state index is 10.5. The van der Waals surface area contributed by atoms with Crippen molar-refractivity contribution in [1.29, 1.82) is 0 Å². The Hall–Kier alpha value is -1.22. The van der Waals surface area contributed by atoms with E-state index in [0.717, 1.165) is 24.9 Å². The first-order valence-corrected chi connectivity index (χ1v) is 6.65. The van der Waals surface area contributed by atoms with Crippen molar-refractivity contribution in [3.8, 4) is 11.5 Å². The van der Waals surface area contributed by atoms with E-state index in [1.807, 2.05) is 6.07 Å². The van der Waals surface area contributed by atoms with Gasteiger partial charge in [-0.15, -0.1) is 0 Å². The molecule has 3 heteroatoms. The molecular formula is C15H23NO2. The largest absolute Gasteiger partial charge is 0.504 e. The van der Waals surface area contributed by atoms with Crippen molar-refractivity contribution in [1.82, 2.24) is 5.32 Å². The third-order valence-electron chi connectivity index (χ3n) is 3.94. The summed E-state index contributed by atoms with van der Waals surface area (Å²) in [4.78, 5) is 0. The number of phenolic OH excluding ortho intramolecular Hbond substituents is 1. The number of hydrogen-bond acceptors (Lipinski definition) is 3. The number of rotatable bonds is 3. The van der Waals surface area contributed by atoms with E-state index in [9.17, 15) is 5.11 Å². The number of methoxy groups -OCH3 is 1. The minimum atomic E-state index is -0.141. The summed E-state index contributed by atoms with van der Waals surface area (Å²) < 4.78 is 5.25. The molecule has 18 heavy (non-hydrogen) atoms. The first kappa shape index (κ1) is 13.2. The molecular weight excluding hydrogens is 226 g/mol. The molecule has 0 amide bonds. The van der Waals surface area contributed by atoms with Crippen molar-refractivity contribution < 1.29 is 9.84 Å². The second-order valence-corrected chi connectivity index (χ2v) is 5.60. The quantitative estimate of drug-likeness (QED) is 0.864. The van der Waals surface area contributed by atoms with Gasteiger partial charge < -0.3 is 15.2 Å². The third-order valence-corrected chi connectivity index (χ3v) is 3.94. The molecule has 1 unspecified atom stereocenters. The predicted molar refractivity (Wildman–Crippen MR) is 73.3 cm³/mol.